The monoisotopic (exact) mass is 345 g/mol. The molecule has 1 aromatic heterocycles. The first-order chi connectivity index (χ1) is 11.7. The van der Waals surface area contributed by atoms with Gasteiger partial charge in [0.1, 0.15) is 5.82 Å². The van der Waals surface area contributed by atoms with Crippen molar-refractivity contribution in [3.63, 3.8) is 0 Å². The van der Waals surface area contributed by atoms with E-state index in [1.165, 1.54) is 0 Å². The number of hydrogen-bond donors (Lipinski definition) is 1. The summed E-state index contributed by atoms with van der Waals surface area (Å²) in [6.07, 6.45) is 5.69. The smallest absolute Gasteiger partial charge is 0.245 e. The molecule has 1 aromatic rings. The summed E-state index contributed by atoms with van der Waals surface area (Å²) in [5.74, 6) is 1.12. The molecule has 1 aliphatic rings. The molecule has 25 heavy (non-hydrogen) atoms. The molecular weight excluding hydrogens is 314 g/mol. The second kappa shape index (κ2) is 7.98. The van der Waals surface area contributed by atoms with E-state index in [4.69, 9.17) is 0 Å². The minimum absolute atomic E-state index is 0.0495. The van der Waals surface area contributed by atoms with Gasteiger partial charge in [-0.1, -0.05) is 20.8 Å². The Morgan fingerprint density at radius 2 is 1.88 bits per heavy atom. The first kappa shape index (κ1) is 19.4. The predicted molar refractivity (Wildman–Crippen MR) is 100 cm³/mol. The second-order valence-corrected chi connectivity index (χ2v) is 8.38. The number of nitrogens with zero attached hydrogens (tertiary/aromatic N) is 2. The van der Waals surface area contributed by atoms with Crippen LogP contribution in [0.2, 0.25) is 0 Å². The van der Waals surface area contributed by atoms with Crippen LogP contribution in [0.5, 0.6) is 0 Å². The maximum absolute atomic E-state index is 12.6. The van der Waals surface area contributed by atoms with E-state index in [9.17, 15) is 9.59 Å². The first-order valence-electron chi connectivity index (χ1n) is 9.14. The zero-order valence-corrected chi connectivity index (χ0v) is 16.1. The normalized spacial score (nSPS) is 20.8. The summed E-state index contributed by atoms with van der Waals surface area (Å²) in [7, 11) is 1.71. The summed E-state index contributed by atoms with van der Waals surface area (Å²) in [4.78, 5) is 30.5. The Balaban J connectivity index is 1.83. The van der Waals surface area contributed by atoms with Crippen molar-refractivity contribution < 1.29 is 9.59 Å². The molecule has 0 spiro atoms. The Kier molecular flexibility index (Phi) is 6.20. The zero-order chi connectivity index (χ0) is 18.6. The van der Waals surface area contributed by atoms with Crippen LogP contribution in [-0.2, 0) is 9.59 Å². The minimum atomic E-state index is -0.211. The van der Waals surface area contributed by atoms with Crippen molar-refractivity contribution in [2.75, 3.05) is 18.9 Å². The quantitative estimate of drug-likeness (QED) is 0.906. The number of rotatable bonds is 4. The molecule has 2 amide bonds. The number of carbonyl (C=O) groups excluding carboxylic acids is 2. The van der Waals surface area contributed by atoms with Crippen LogP contribution < -0.4 is 5.32 Å². The number of amides is 2. The van der Waals surface area contributed by atoms with Crippen molar-refractivity contribution in [2.24, 2.45) is 17.3 Å². The van der Waals surface area contributed by atoms with Crippen LogP contribution in [0, 0.1) is 24.2 Å². The SMILES string of the molecule is Cc1ccnc(NC(=O)CN(C)C(=O)C2CCC(C(C)(C)C)CC2)c1. The number of aryl methyl sites for hydroxylation is 1. The van der Waals surface area contributed by atoms with Crippen molar-refractivity contribution in [3.05, 3.63) is 23.9 Å². The maximum atomic E-state index is 12.6. The lowest BCUT2D eigenvalue weighted by atomic mass is 9.69. The van der Waals surface area contributed by atoms with Crippen molar-refractivity contribution >= 4 is 17.6 Å². The molecule has 2 rings (SSSR count). The highest BCUT2D eigenvalue weighted by atomic mass is 16.2. The van der Waals surface area contributed by atoms with Crippen LogP contribution in [-0.4, -0.2) is 35.3 Å². The second-order valence-electron chi connectivity index (χ2n) is 8.38. The fraction of sp³-hybridized carbons (Fsp3) is 0.650. The van der Waals surface area contributed by atoms with E-state index < -0.39 is 0 Å². The van der Waals surface area contributed by atoms with Gasteiger partial charge >= 0.3 is 0 Å². The molecular formula is C20H31N3O2. The van der Waals surface area contributed by atoms with Crippen molar-refractivity contribution in [1.82, 2.24) is 9.88 Å². The number of hydrogen-bond acceptors (Lipinski definition) is 3. The molecule has 1 saturated carbocycles. The Labute approximate surface area is 151 Å². The zero-order valence-electron chi connectivity index (χ0n) is 16.1. The number of aromatic nitrogens is 1. The number of likely N-dealkylation sites (N-methyl/N-ethyl adjacent to an activating group) is 1. The lowest BCUT2D eigenvalue weighted by Crippen LogP contribution is -2.40. The van der Waals surface area contributed by atoms with Crippen LogP contribution >= 0.6 is 0 Å². The van der Waals surface area contributed by atoms with Gasteiger partial charge in [0.25, 0.3) is 0 Å². The van der Waals surface area contributed by atoms with E-state index in [2.05, 4.69) is 31.1 Å². The van der Waals surface area contributed by atoms with E-state index in [0.29, 0.717) is 17.2 Å². The van der Waals surface area contributed by atoms with Crippen LogP contribution in [0.1, 0.15) is 52.0 Å². The molecule has 1 heterocycles. The first-order valence-corrected chi connectivity index (χ1v) is 9.14. The Morgan fingerprint density at radius 1 is 1.24 bits per heavy atom. The molecule has 0 aromatic carbocycles. The van der Waals surface area contributed by atoms with Crippen molar-refractivity contribution in [2.45, 2.75) is 53.4 Å². The summed E-state index contributed by atoms with van der Waals surface area (Å²) >= 11 is 0. The Bertz CT molecular complexity index is 614. The van der Waals surface area contributed by atoms with Gasteiger partial charge in [0.2, 0.25) is 11.8 Å². The third-order valence-corrected chi connectivity index (χ3v) is 5.24. The Morgan fingerprint density at radius 3 is 2.44 bits per heavy atom. The summed E-state index contributed by atoms with van der Waals surface area (Å²) in [5, 5.41) is 2.75. The maximum Gasteiger partial charge on any atom is 0.245 e. The minimum Gasteiger partial charge on any atom is -0.336 e. The highest BCUT2D eigenvalue weighted by Crippen LogP contribution is 2.40. The molecule has 0 bridgehead atoms. The molecule has 0 radical (unpaired) electrons. The molecule has 0 atom stereocenters. The van der Waals surface area contributed by atoms with Gasteiger partial charge in [-0.05, 0) is 61.6 Å². The average molecular weight is 345 g/mol. The summed E-state index contributed by atoms with van der Waals surface area (Å²) in [5.41, 5.74) is 1.34. The largest absolute Gasteiger partial charge is 0.336 e. The number of nitrogens with one attached hydrogen (secondary N) is 1. The van der Waals surface area contributed by atoms with Gasteiger partial charge in [-0.25, -0.2) is 4.98 Å². The molecule has 5 nitrogen and oxygen atoms in total. The topological polar surface area (TPSA) is 62.3 Å². The van der Waals surface area contributed by atoms with Crippen LogP contribution in [0.4, 0.5) is 5.82 Å². The number of pyridine rings is 1. The molecule has 5 heteroatoms. The van der Waals surface area contributed by atoms with E-state index >= 15 is 0 Å². The third-order valence-electron chi connectivity index (χ3n) is 5.24. The van der Waals surface area contributed by atoms with Crippen LogP contribution in [0.15, 0.2) is 18.3 Å². The molecule has 0 unspecified atom stereocenters. The third kappa shape index (κ3) is 5.55. The van der Waals surface area contributed by atoms with Crippen molar-refractivity contribution in [3.8, 4) is 0 Å². The van der Waals surface area contributed by atoms with Gasteiger partial charge in [-0.2, -0.15) is 0 Å². The molecule has 1 fully saturated rings. The van der Waals surface area contributed by atoms with Gasteiger partial charge in [-0.15, -0.1) is 0 Å². The van der Waals surface area contributed by atoms with Gasteiger partial charge in [0, 0.05) is 19.2 Å². The van der Waals surface area contributed by atoms with Gasteiger partial charge in [0.15, 0.2) is 0 Å². The van der Waals surface area contributed by atoms with E-state index in [-0.39, 0.29) is 24.3 Å². The van der Waals surface area contributed by atoms with E-state index in [0.717, 1.165) is 31.2 Å². The van der Waals surface area contributed by atoms with Gasteiger partial charge in [0.05, 0.1) is 6.54 Å². The van der Waals surface area contributed by atoms with Gasteiger partial charge in [-0.3, -0.25) is 9.59 Å². The van der Waals surface area contributed by atoms with Crippen molar-refractivity contribution in [1.29, 1.82) is 0 Å². The average Bonchev–Trinajstić information content (AvgIpc) is 2.53. The fourth-order valence-electron chi connectivity index (χ4n) is 3.60. The van der Waals surface area contributed by atoms with Crippen LogP contribution in [0.3, 0.4) is 0 Å². The summed E-state index contributed by atoms with van der Waals surface area (Å²) in [6.45, 7) is 8.83. The Hall–Kier alpha value is -1.91. The molecule has 138 valence electrons. The van der Waals surface area contributed by atoms with E-state index in [1.54, 1.807) is 18.1 Å². The highest BCUT2D eigenvalue weighted by Gasteiger charge is 2.33. The molecule has 0 aliphatic heterocycles. The lowest BCUT2D eigenvalue weighted by Gasteiger charge is -2.37. The molecule has 1 aliphatic carbocycles. The summed E-state index contributed by atoms with van der Waals surface area (Å²) < 4.78 is 0. The fourth-order valence-corrected chi connectivity index (χ4v) is 3.60. The number of carbonyl (C=O) groups is 2. The standard InChI is InChI=1S/C20H31N3O2/c1-14-10-11-21-17(12-14)22-18(24)13-23(5)19(25)15-6-8-16(9-7-15)20(2,3)4/h10-12,15-16H,6-9,13H2,1-5H3,(H,21,22,24). The molecule has 1 N–H and O–H groups in total. The summed E-state index contributed by atoms with van der Waals surface area (Å²) in [6, 6.07) is 3.69. The predicted octanol–water partition coefficient (Wildman–Crippen LogP) is 3.64. The van der Waals surface area contributed by atoms with Crippen LogP contribution in [0.25, 0.3) is 0 Å². The highest BCUT2D eigenvalue weighted by molar-refractivity contribution is 5.94. The van der Waals surface area contributed by atoms with Gasteiger partial charge < -0.3 is 10.2 Å². The lowest BCUT2D eigenvalue weighted by molar-refractivity contribution is -0.138. The number of anilines is 1. The molecule has 0 saturated heterocycles. The van der Waals surface area contributed by atoms with E-state index in [1.807, 2.05) is 19.1 Å².